The summed E-state index contributed by atoms with van der Waals surface area (Å²) in [6, 6.07) is 0. The largest absolute Gasteiger partial charge is 0.466 e. The standard InChI is InChI=1S/C8H14O4S/c1-3-12-7(9)8(4-5-8)6-13(2,10)11/h3-6H2,1-2H3. The fourth-order valence-electron chi connectivity index (χ4n) is 1.34. The first-order valence-electron chi connectivity index (χ1n) is 4.24. The molecule has 0 amide bonds. The lowest BCUT2D eigenvalue weighted by atomic mass is 10.1. The van der Waals surface area contributed by atoms with Crippen molar-refractivity contribution >= 4 is 15.8 Å². The third-order valence-corrected chi connectivity index (χ3v) is 3.18. The minimum atomic E-state index is -3.08. The first kappa shape index (κ1) is 10.5. The number of carbonyl (C=O) groups is 1. The van der Waals surface area contributed by atoms with Gasteiger partial charge in [-0.3, -0.25) is 4.79 Å². The zero-order valence-corrected chi connectivity index (χ0v) is 8.69. The fourth-order valence-corrected chi connectivity index (χ4v) is 2.75. The molecule has 0 aromatic rings. The lowest BCUT2D eigenvalue weighted by Crippen LogP contribution is -2.26. The Morgan fingerprint density at radius 2 is 2.00 bits per heavy atom. The number of esters is 1. The first-order valence-corrected chi connectivity index (χ1v) is 6.31. The van der Waals surface area contributed by atoms with Crippen LogP contribution in [0.25, 0.3) is 0 Å². The molecule has 1 fully saturated rings. The quantitative estimate of drug-likeness (QED) is 0.624. The number of ether oxygens (including phenoxy) is 1. The third kappa shape index (κ3) is 2.69. The number of hydrogen-bond acceptors (Lipinski definition) is 4. The molecule has 0 radical (unpaired) electrons. The average molecular weight is 206 g/mol. The molecule has 76 valence electrons. The molecule has 5 heteroatoms. The molecule has 1 rings (SSSR count). The highest BCUT2D eigenvalue weighted by Crippen LogP contribution is 2.47. The van der Waals surface area contributed by atoms with Crippen molar-refractivity contribution in [2.75, 3.05) is 18.6 Å². The Labute approximate surface area is 78.2 Å². The van der Waals surface area contributed by atoms with Gasteiger partial charge in [0.05, 0.1) is 17.8 Å². The van der Waals surface area contributed by atoms with Gasteiger partial charge in [-0.15, -0.1) is 0 Å². The molecule has 13 heavy (non-hydrogen) atoms. The Morgan fingerprint density at radius 3 is 2.31 bits per heavy atom. The molecule has 0 saturated heterocycles. The zero-order valence-electron chi connectivity index (χ0n) is 7.87. The van der Waals surface area contributed by atoms with Crippen LogP contribution >= 0.6 is 0 Å². The monoisotopic (exact) mass is 206 g/mol. The van der Waals surface area contributed by atoms with Gasteiger partial charge in [-0.25, -0.2) is 8.42 Å². The van der Waals surface area contributed by atoms with Crippen LogP contribution in [0.15, 0.2) is 0 Å². The summed E-state index contributed by atoms with van der Waals surface area (Å²) in [5.41, 5.74) is -0.705. The topological polar surface area (TPSA) is 60.4 Å². The molecular formula is C8H14O4S. The van der Waals surface area contributed by atoms with Crippen LogP contribution in [-0.4, -0.2) is 33.0 Å². The van der Waals surface area contributed by atoms with E-state index in [4.69, 9.17) is 4.74 Å². The smallest absolute Gasteiger partial charge is 0.313 e. The SMILES string of the molecule is CCOC(=O)C1(CS(C)(=O)=O)CC1. The van der Waals surface area contributed by atoms with Gasteiger partial charge in [-0.2, -0.15) is 0 Å². The highest BCUT2D eigenvalue weighted by molar-refractivity contribution is 7.90. The van der Waals surface area contributed by atoms with Crippen molar-refractivity contribution in [3.8, 4) is 0 Å². The summed E-state index contributed by atoms with van der Waals surface area (Å²) in [6.45, 7) is 2.03. The summed E-state index contributed by atoms with van der Waals surface area (Å²) in [7, 11) is -3.08. The van der Waals surface area contributed by atoms with Crippen molar-refractivity contribution in [3.63, 3.8) is 0 Å². The molecule has 1 aliphatic carbocycles. The van der Waals surface area contributed by atoms with Crippen LogP contribution in [-0.2, 0) is 19.4 Å². The molecule has 0 aromatic heterocycles. The van der Waals surface area contributed by atoms with Crippen molar-refractivity contribution in [2.45, 2.75) is 19.8 Å². The molecule has 0 atom stereocenters. The van der Waals surface area contributed by atoms with Gasteiger partial charge in [0.2, 0.25) is 0 Å². The van der Waals surface area contributed by atoms with Crippen LogP contribution in [0.2, 0.25) is 0 Å². The number of carbonyl (C=O) groups excluding carboxylic acids is 1. The molecule has 4 nitrogen and oxygen atoms in total. The summed E-state index contributed by atoms with van der Waals surface area (Å²) in [5.74, 6) is -0.431. The number of hydrogen-bond donors (Lipinski definition) is 0. The van der Waals surface area contributed by atoms with Crippen LogP contribution in [0.3, 0.4) is 0 Å². The molecule has 0 spiro atoms. The van der Waals surface area contributed by atoms with E-state index in [-0.39, 0.29) is 11.7 Å². The molecule has 0 aromatic carbocycles. The maximum atomic E-state index is 11.3. The Kier molecular flexibility index (Phi) is 2.66. The highest BCUT2D eigenvalue weighted by atomic mass is 32.2. The molecular weight excluding hydrogens is 192 g/mol. The van der Waals surface area contributed by atoms with Crippen molar-refractivity contribution < 1.29 is 17.9 Å². The Balaban J connectivity index is 2.62. The second-order valence-electron chi connectivity index (χ2n) is 3.57. The van der Waals surface area contributed by atoms with E-state index < -0.39 is 15.3 Å². The van der Waals surface area contributed by atoms with E-state index in [1.54, 1.807) is 6.92 Å². The van der Waals surface area contributed by atoms with Gasteiger partial charge in [0.1, 0.15) is 9.84 Å². The molecule has 1 aliphatic rings. The number of sulfone groups is 1. The van der Waals surface area contributed by atoms with Gasteiger partial charge < -0.3 is 4.74 Å². The van der Waals surface area contributed by atoms with Gasteiger partial charge in [-0.1, -0.05) is 0 Å². The summed E-state index contributed by atoms with van der Waals surface area (Å²) in [4.78, 5) is 11.3. The minimum absolute atomic E-state index is 0.0706. The van der Waals surface area contributed by atoms with Gasteiger partial charge in [0.25, 0.3) is 0 Å². The van der Waals surface area contributed by atoms with E-state index in [2.05, 4.69) is 0 Å². The van der Waals surface area contributed by atoms with Crippen LogP contribution in [0.4, 0.5) is 0 Å². The van der Waals surface area contributed by atoms with E-state index in [1.807, 2.05) is 0 Å². The second-order valence-corrected chi connectivity index (χ2v) is 5.71. The van der Waals surface area contributed by atoms with Crippen LogP contribution in [0.5, 0.6) is 0 Å². The van der Waals surface area contributed by atoms with Gasteiger partial charge in [0, 0.05) is 6.26 Å². The summed E-state index contributed by atoms with van der Waals surface area (Å²) >= 11 is 0. The van der Waals surface area contributed by atoms with E-state index >= 15 is 0 Å². The van der Waals surface area contributed by atoms with E-state index in [1.165, 1.54) is 0 Å². The summed E-state index contributed by atoms with van der Waals surface area (Å²) < 4.78 is 26.8. The first-order chi connectivity index (χ1) is 5.90. The molecule has 1 saturated carbocycles. The third-order valence-electron chi connectivity index (χ3n) is 2.10. The van der Waals surface area contributed by atoms with Crippen molar-refractivity contribution in [1.82, 2.24) is 0 Å². The maximum Gasteiger partial charge on any atom is 0.313 e. The van der Waals surface area contributed by atoms with Gasteiger partial charge in [0.15, 0.2) is 0 Å². The van der Waals surface area contributed by atoms with E-state index in [0.717, 1.165) is 6.26 Å². The minimum Gasteiger partial charge on any atom is -0.466 e. The maximum absolute atomic E-state index is 11.3. The predicted molar refractivity (Wildman–Crippen MR) is 48.0 cm³/mol. The Morgan fingerprint density at radius 1 is 1.46 bits per heavy atom. The highest BCUT2D eigenvalue weighted by Gasteiger charge is 2.53. The lowest BCUT2D eigenvalue weighted by Gasteiger charge is -2.11. The number of rotatable bonds is 4. The molecule has 0 N–H and O–H groups in total. The lowest BCUT2D eigenvalue weighted by molar-refractivity contribution is -0.148. The van der Waals surface area contributed by atoms with Gasteiger partial charge in [-0.05, 0) is 19.8 Å². The van der Waals surface area contributed by atoms with E-state index in [9.17, 15) is 13.2 Å². The molecule has 0 bridgehead atoms. The second kappa shape index (κ2) is 3.29. The van der Waals surface area contributed by atoms with Crippen LogP contribution in [0, 0.1) is 5.41 Å². The van der Waals surface area contributed by atoms with Crippen LogP contribution in [0.1, 0.15) is 19.8 Å². The van der Waals surface area contributed by atoms with Crippen molar-refractivity contribution in [1.29, 1.82) is 0 Å². The molecule has 0 unspecified atom stereocenters. The summed E-state index contributed by atoms with van der Waals surface area (Å²) in [5, 5.41) is 0. The normalized spacial score (nSPS) is 19.5. The van der Waals surface area contributed by atoms with Gasteiger partial charge >= 0.3 is 5.97 Å². The van der Waals surface area contributed by atoms with Crippen molar-refractivity contribution in [2.24, 2.45) is 5.41 Å². The Hall–Kier alpha value is -0.580. The van der Waals surface area contributed by atoms with E-state index in [0.29, 0.717) is 19.4 Å². The zero-order chi connectivity index (χ0) is 10.1. The molecule has 0 aliphatic heterocycles. The van der Waals surface area contributed by atoms with Crippen molar-refractivity contribution in [3.05, 3.63) is 0 Å². The average Bonchev–Trinajstić information content (AvgIpc) is 2.66. The van der Waals surface area contributed by atoms with Crippen LogP contribution < -0.4 is 0 Å². The predicted octanol–water partition coefficient (Wildman–Crippen LogP) is 0.374. The molecule has 0 heterocycles. The summed E-state index contributed by atoms with van der Waals surface area (Å²) in [6.07, 6.45) is 2.42. The Bertz CT molecular complexity index is 300. The fraction of sp³-hybridized carbons (Fsp3) is 0.875.